The Bertz CT molecular complexity index is 808. The first-order valence-electron chi connectivity index (χ1n) is 10.0. The lowest BCUT2D eigenvalue weighted by atomic mass is 10.1. The first kappa shape index (κ1) is 24.2. The zero-order chi connectivity index (χ0) is 20.2. The number of hydrogen-bond donors (Lipinski definition) is 1. The van der Waals surface area contributed by atoms with Gasteiger partial charge in [-0.2, -0.15) is 0 Å². The van der Waals surface area contributed by atoms with Crippen LogP contribution in [0.2, 0.25) is 0 Å². The van der Waals surface area contributed by atoms with Gasteiger partial charge in [0.25, 0.3) is 0 Å². The summed E-state index contributed by atoms with van der Waals surface area (Å²) in [5, 5.41) is 3.33. The Balaban J connectivity index is 0.00000300. The number of nitrogens with one attached hydrogen (secondary N) is 1. The van der Waals surface area contributed by atoms with Crippen LogP contribution in [0.1, 0.15) is 26.3 Å². The molecule has 2 aliphatic heterocycles. The van der Waals surface area contributed by atoms with Crippen molar-refractivity contribution < 1.29 is 13.2 Å². The predicted molar refractivity (Wildman–Crippen MR) is 129 cm³/mol. The molecule has 1 N–H and O–H groups in total. The Morgan fingerprint density at radius 1 is 1.21 bits per heavy atom. The maximum atomic E-state index is 12.3. The van der Waals surface area contributed by atoms with Gasteiger partial charge in [-0.15, -0.1) is 24.0 Å². The van der Waals surface area contributed by atoms with E-state index in [1.807, 2.05) is 13.0 Å². The lowest BCUT2D eigenvalue weighted by Crippen LogP contribution is -2.57. The lowest BCUT2D eigenvalue weighted by Gasteiger charge is -2.39. The highest BCUT2D eigenvalue weighted by molar-refractivity contribution is 14.0. The van der Waals surface area contributed by atoms with Gasteiger partial charge in [0.2, 0.25) is 0 Å². The van der Waals surface area contributed by atoms with Gasteiger partial charge in [-0.3, -0.25) is 0 Å². The minimum Gasteiger partial charge on any atom is -0.378 e. The van der Waals surface area contributed by atoms with Crippen LogP contribution in [0, 0.1) is 0 Å². The molecule has 0 radical (unpaired) electrons. The second kappa shape index (κ2) is 10.3. The number of hydrogen-bond acceptors (Lipinski definition) is 5. The molecule has 0 amide bonds. The normalized spacial score (nSPS) is 21.4. The van der Waals surface area contributed by atoms with Crippen molar-refractivity contribution in [2.45, 2.75) is 32.1 Å². The summed E-state index contributed by atoms with van der Waals surface area (Å²) >= 11 is 0. The maximum Gasteiger partial charge on any atom is 0.194 e. The van der Waals surface area contributed by atoms with Crippen LogP contribution in [0.25, 0.3) is 0 Å². The fourth-order valence-electron chi connectivity index (χ4n) is 3.67. The highest BCUT2D eigenvalue weighted by Crippen LogP contribution is 2.25. The summed E-state index contributed by atoms with van der Waals surface area (Å²) in [6.07, 6.45) is 0. The van der Waals surface area contributed by atoms with Crippen molar-refractivity contribution in [2.24, 2.45) is 4.99 Å². The number of aliphatic imine (C=N–C) groups is 1. The third-order valence-electron chi connectivity index (χ3n) is 5.42. The summed E-state index contributed by atoms with van der Waals surface area (Å²) < 4.78 is 29.4. The second-order valence-electron chi connectivity index (χ2n) is 7.90. The molecule has 0 atom stereocenters. The van der Waals surface area contributed by atoms with Gasteiger partial charge in [-0.25, -0.2) is 13.4 Å². The molecule has 2 heterocycles. The summed E-state index contributed by atoms with van der Waals surface area (Å²) in [5.41, 5.74) is 2.37. The second-order valence-corrected chi connectivity index (χ2v) is 10.6. The number of guanidine groups is 1. The van der Waals surface area contributed by atoms with Crippen molar-refractivity contribution in [1.82, 2.24) is 10.2 Å². The molecule has 0 bridgehead atoms. The third-order valence-corrected chi connectivity index (χ3v) is 7.95. The van der Waals surface area contributed by atoms with E-state index in [1.165, 1.54) is 11.3 Å². The van der Waals surface area contributed by atoms with Gasteiger partial charge >= 0.3 is 0 Å². The van der Waals surface area contributed by atoms with E-state index >= 15 is 0 Å². The fourth-order valence-corrected chi connectivity index (χ4v) is 5.03. The van der Waals surface area contributed by atoms with Crippen molar-refractivity contribution in [3.8, 4) is 0 Å². The highest BCUT2D eigenvalue weighted by atomic mass is 127. The Labute approximate surface area is 191 Å². The van der Waals surface area contributed by atoms with Gasteiger partial charge in [0.15, 0.2) is 15.8 Å². The molecule has 1 aromatic rings. The average molecular weight is 536 g/mol. The number of nitrogens with zero attached hydrogens (tertiary/aromatic N) is 3. The number of sulfone groups is 1. The van der Waals surface area contributed by atoms with Crippen molar-refractivity contribution >= 4 is 45.5 Å². The molecule has 2 fully saturated rings. The van der Waals surface area contributed by atoms with Crippen LogP contribution in [0.5, 0.6) is 0 Å². The van der Waals surface area contributed by atoms with Crippen molar-refractivity contribution in [1.29, 1.82) is 0 Å². The molecular formula is C20H33IN4O3S. The van der Waals surface area contributed by atoms with Gasteiger partial charge in [-0.1, -0.05) is 18.2 Å². The number of anilines is 1. The summed E-state index contributed by atoms with van der Waals surface area (Å²) in [6.45, 7) is 11.1. The van der Waals surface area contributed by atoms with Gasteiger partial charge < -0.3 is 19.9 Å². The number of benzene rings is 1. The van der Waals surface area contributed by atoms with Crippen LogP contribution in [-0.4, -0.2) is 75.7 Å². The van der Waals surface area contributed by atoms with Gasteiger partial charge in [0, 0.05) is 38.4 Å². The van der Waals surface area contributed by atoms with Gasteiger partial charge in [0.1, 0.15) is 0 Å². The van der Waals surface area contributed by atoms with Crippen molar-refractivity contribution in [3.63, 3.8) is 0 Å². The molecule has 0 aliphatic carbocycles. The average Bonchev–Trinajstić information content (AvgIpc) is 2.68. The Hall–Kier alpha value is -1.07. The molecule has 2 aliphatic rings. The molecule has 3 rings (SSSR count). The molecule has 2 saturated heterocycles. The van der Waals surface area contributed by atoms with E-state index in [4.69, 9.17) is 9.73 Å². The van der Waals surface area contributed by atoms with Crippen LogP contribution >= 0.6 is 24.0 Å². The van der Waals surface area contributed by atoms with Crippen LogP contribution in [0.4, 0.5) is 5.69 Å². The molecule has 0 unspecified atom stereocenters. The van der Waals surface area contributed by atoms with E-state index in [2.05, 4.69) is 33.3 Å². The molecule has 7 nitrogen and oxygen atoms in total. The minimum atomic E-state index is -3.07. The monoisotopic (exact) mass is 536 g/mol. The van der Waals surface area contributed by atoms with Crippen molar-refractivity contribution in [3.05, 3.63) is 29.8 Å². The highest BCUT2D eigenvalue weighted by Gasteiger charge is 2.40. The molecule has 0 aromatic heterocycles. The summed E-state index contributed by atoms with van der Waals surface area (Å²) in [6, 6.07) is 8.35. The maximum absolute atomic E-state index is 12.3. The molecule has 0 saturated carbocycles. The largest absolute Gasteiger partial charge is 0.378 e. The Morgan fingerprint density at radius 3 is 2.55 bits per heavy atom. The van der Waals surface area contributed by atoms with E-state index in [0.717, 1.165) is 38.8 Å². The smallest absolute Gasteiger partial charge is 0.194 e. The van der Waals surface area contributed by atoms with E-state index in [9.17, 15) is 8.42 Å². The number of halogens is 1. The van der Waals surface area contributed by atoms with Gasteiger partial charge in [0.05, 0.1) is 30.3 Å². The van der Waals surface area contributed by atoms with E-state index in [-0.39, 0.29) is 29.7 Å². The minimum absolute atomic E-state index is 0. The van der Waals surface area contributed by atoms with Crippen LogP contribution < -0.4 is 10.2 Å². The Morgan fingerprint density at radius 2 is 1.90 bits per heavy atom. The topological polar surface area (TPSA) is 74.2 Å². The molecule has 164 valence electrons. The number of para-hydroxylation sites is 1. The summed E-state index contributed by atoms with van der Waals surface area (Å²) in [7, 11) is -3.07. The zero-order valence-electron chi connectivity index (χ0n) is 17.6. The van der Waals surface area contributed by atoms with Crippen LogP contribution in [-0.2, 0) is 21.1 Å². The van der Waals surface area contributed by atoms with E-state index in [1.54, 1.807) is 13.8 Å². The predicted octanol–water partition coefficient (Wildman–Crippen LogP) is 2.12. The number of rotatable bonds is 4. The molecule has 29 heavy (non-hydrogen) atoms. The SMILES string of the molecule is CCNC(=NCc1ccccc1N1CCOCC1)N1CCS(=O)(=O)C(C)(C)C1.I. The molecule has 9 heteroatoms. The van der Waals surface area contributed by atoms with Gasteiger partial charge in [-0.05, 0) is 32.4 Å². The first-order valence-corrected chi connectivity index (χ1v) is 11.7. The summed E-state index contributed by atoms with van der Waals surface area (Å²) in [4.78, 5) is 9.27. The van der Waals surface area contributed by atoms with Crippen molar-refractivity contribution in [2.75, 3.05) is 56.6 Å². The van der Waals surface area contributed by atoms with E-state index < -0.39 is 14.6 Å². The molecule has 1 aromatic carbocycles. The van der Waals surface area contributed by atoms with Crippen LogP contribution in [0.15, 0.2) is 29.3 Å². The van der Waals surface area contributed by atoms with Crippen LogP contribution in [0.3, 0.4) is 0 Å². The number of ether oxygens (including phenoxy) is 1. The Kier molecular flexibility index (Phi) is 8.59. The quantitative estimate of drug-likeness (QED) is 0.361. The number of morpholine rings is 1. The zero-order valence-corrected chi connectivity index (χ0v) is 20.7. The molecule has 0 spiro atoms. The summed E-state index contributed by atoms with van der Waals surface area (Å²) in [5.74, 6) is 0.941. The third kappa shape index (κ3) is 5.75. The fraction of sp³-hybridized carbons (Fsp3) is 0.650. The molecular weight excluding hydrogens is 503 g/mol. The standard InChI is InChI=1S/C20H32N4O3S.HI/c1-4-21-19(24-11-14-28(25,26)20(2,3)16-24)22-15-17-7-5-6-8-18(17)23-9-12-27-13-10-23;/h5-8H,4,9-16H2,1-3H3,(H,21,22);1H. The lowest BCUT2D eigenvalue weighted by molar-refractivity contribution is 0.122. The first-order chi connectivity index (χ1) is 13.3. The van der Waals surface area contributed by atoms with E-state index in [0.29, 0.717) is 19.6 Å².